The zero-order valence-electron chi connectivity index (χ0n) is 15.6. The Morgan fingerprint density at radius 3 is 2.85 bits per heavy atom. The van der Waals surface area contributed by atoms with Crippen molar-refractivity contribution in [2.45, 2.75) is 48.5 Å². The van der Waals surface area contributed by atoms with Crippen molar-refractivity contribution < 1.29 is 14.2 Å². The fourth-order valence-electron chi connectivity index (χ4n) is 7.26. The van der Waals surface area contributed by atoms with Crippen LogP contribution in [-0.4, -0.2) is 56.5 Å². The third-order valence-corrected chi connectivity index (χ3v) is 8.33. The second-order valence-electron chi connectivity index (χ2n) is 8.79. The number of likely N-dealkylation sites (N-methyl/N-ethyl adjacent to an activating group) is 1. The van der Waals surface area contributed by atoms with Crippen LogP contribution in [0.1, 0.15) is 24.0 Å². The molecule has 1 saturated carbocycles. The van der Waals surface area contributed by atoms with E-state index in [0.29, 0.717) is 6.04 Å². The second-order valence-corrected chi connectivity index (χ2v) is 8.79. The van der Waals surface area contributed by atoms with Gasteiger partial charge in [-0.2, -0.15) is 0 Å². The van der Waals surface area contributed by atoms with Gasteiger partial charge in [0, 0.05) is 30.2 Å². The third kappa shape index (κ3) is 1.29. The number of fused-ring (bicyclic) bond motifs is 1. The van der Waals surface area contributed by atoms with E-state index in [0.717, 1.165) is 37.3 Å². The molecule has 2 heterocycles. The molecule has 0 amide bonds. The molecule has 2 aliphatic heterocycles. The average Bonchev–Trinajstić information content (AvgIpc) is 3.01. The van der Waals surface area contributed by atoms with Crippen molar-refractivity contribution in [2.75, 3.05) is 27.8 Å². The van der Waals surface area contributed by atoms with E-state index < -0.39 is 5.60 Å². The normalized spacial score (nSPS) is 46.8. The number of benzene rings is 1. The molecule has 0 aromatic heterocycles. The maximum absolute atomic E-state index is 6.75. The molecule has 3 unspecified atom stereocenters. The summed E-state index contributed by atoms with van der Waals surface area (Å²) >= 11 is 0. The molecule has 2 N–H and O–H groups in total. The Balaban J connectivity index is 1.73. The number of nitrogens with two attached hydrogens (primary N) is 1. The zero-order valence-corrected chi connectivity index (χ0v) is 15.6. The summed E-state index contributed by atoms with van der Waals surface area (Å²) in [6.45, 7) is 1.07. The van der Waals surface area contributed by atoms with Gasteiger partial charge in [-0.1, -0.05) is 18.2 Å². The van der Waals surface area contributed by atoms with Crippen LogP contribution in [0.4, 0.5) is 0 Å². The van der Waals surface area contributed by atoms with Crippen LogP contribution in [-0.2, 0) is 16.6 Å². The van der Waals surface area contributed by atoms with Crippen molar-refractivity contribution in [1.29, 1.82) is 0 Å². The largest absolute Gasteiger partial charge is 0.493 e. The third-order valence-electron chi connectivity index (χ3n) is 8.33. The van der Waals surface area contributed by atoms with Crippen molar-refractivity contribution in [3.05, 3.63) is 35.4 Å². The highest BCUT2D eigenvalue weighted by Crippen LogP contribution is 2.73. The number of piperidine rings is 1. The lowest BCUT2D eigenvalue weighted by atomic mass is 9.38. The Hall–Kier alpha value is -1.56. The monoisotopic (exact) mass is 354 g/mol. The van der Waals surface area contributed by atoms with E-state index >= 15 is 0 Å². The highest BCUT2D eigenvalue weighted by molar-refractivity contribution is 5.65. The van der Waals surface area contributed by atoms with Gasteiger partial charge < -0.3 is 24.8 Å². The smallest absolute Gasteiger partial charge is 0.166 e. The Morgan fingerprint density at radius 2 is 2.12 bits per heavy atom. The minimum absolute atomic E-state index is 0.00891. The SMILES string of the molecule is COc1ccc2c3c1OC1C4(OC)C=C[C@@]5(CC4N)[C@@H](C2)N(C)CC[C@]315. The molecule has 1 aromatic rings. The first-order valence-electron chi connectivity index (χ1n) is 9.62. The summed E-state index contributed by atoms with van der Waals surface area (Å²) in [5.41, 5.74) is 8.91. The first-order chi connectivity index (χ1) is 12.5. The molecule has 2 spiro atoms. The molecule has 138 valence electrons. The summed E-state index contributed by atoms with van der Waals surface area (Å²) in [6.07, 6.45) is 7.63. The molecule has 7 rings (SSSR count). The number of ether oxygens (including phenoxy) is 3. The Labute approximate surface area is 154 Å². The number of nitrogens with zero attached hydrogens (tertiary/aromatic N) is 1. The molecule has 26 heavy (non-hydrogen) atoms. The van der Waals surface area contributed by atoms with Crippen LogP contribution in [0.3, 0.4) is 0 Å². The van der Waals surface area contributed by atoms with Gasteiger partial charge in [0.15, 0.2) is 11.5 Å². The average molecular weight is 354 g/mol. The van der Waals surface area contributed by atoms with Gasteiger partial charge in [-0.05, 0) is 44.5 Å². The van der Waals surface area contributed by atoms with Gasteiger partial charge in [0.05, 0.1) is 12.5 Å². The van der Waals surface area contributed by atoms with Crippen LogP contribution in [0.15, 0.2) is 24.3 Å². The summed E-state index contributed by atoms with van der Waals surface area (Å²) in [7, 11) is 5.76. The molecule has 1 aromatic carbocycles. The number of methoxy groups -OCH3 is 2. The van der Waals surface area contributed by atoms with E-state index in [4.69, 9.17) is 19.9 Å². The molecule has 6 atom stereocenters. The maximum Gasteiger partial charge on any atom is 0.166 e. The summed E-state index contributed by atoms with van der Waals surface area (Å²) in [4.78, 5) is 2.54. The van der Waals surface area contributed by atoms with Crippen LogP contribution >= 0.6 is 0 Å². The van der Waals surface area contributed by atoms with Crippen LogP contribution in [0.25, 0.3) is 0 Å². The van der Waals surface area contributed by atoms with Crippen LogP contribution in [0, 0.1) is 5.41 Å². The van der Waals surface area contributed by atoms with Gasteiger partial charge >= 0.3 is 0 Å². The lowest BCUT2D eigenvalue weighted by molar-refractivity contribution is -0.194. The lowest BCUT2D eigenvalue weighted by Crippen LogP contribution is -2.81. The standard InChI is InChI=1S/C21H26N2O3/c1-23-9-8-20-16-12-4-5-13(24-2)17(16)26-18(20)21(25-3)7-6-19(20,11-14(21)22)15(23)10-12/h4-7,14-15,18H,8-11,22H2,1-3H3/t14?,15-,18?,19-,20+,21?/m1/s1. The van der Waals surface area contributed by atoms with Gasteiger partial charge in [-0.25, -0.2) is 0 Å². The summed E-state index contributed by atoms with van der Waals surface area (Å²) < 4.78 is 18.5. The fourth-order valence-corrected chi connectivity index (χ4v) is 7.26. The summed E-state index contributed by atoms with van der Waals surface area (Å²) in [5.74, 6) is 1.76. The van der Waals surface area contributed by atoms with Gasteiger partial charge in [0.2, 0.25) is 0 Å². The van der Waals surface area contributed by atoms with E-state index in [1.54, 1.807) is 14.2 Å². The molecule has 5 heteroatoms. The van der Waals surface area contributed by atoms with Gasteiger partial charge in [-0.3, -0.25) is 0 Å². The van der Waals surface area contributed by atoms with Gasteiger partial charge in [0.25, 0.3) is 0 Å². The van der Waals surface area contributed by atoms with Crippen LogP contribution in [0.2, 0.25) is 0 Å². The van der Waals surface area contributed by atoms with E-state index in [2.05, 4.69) is 36.2 Å². The minimum Gasteiger partial charge on any atom is -0.493 e. The van der Waals surface area contributed by atoms with Crippen molar-refractivity contribution in [2.24, 2.45) is 11.1 Å². The van der Waals surface area contributed by atoms with Crippen molar-refractivity contribution in [3.63, 3.8) is 0 Å². The Bertz CT molecular complexity index is 854. The quantitative estimate of drug-likeness (QED) is 0.818. The Morgan fingerprint density at radius 1 is 1.27 bits per heavy atom. The molecular formula is C21H26N2O3. The first kappa shape index (κ1) is 15.5. The maximum atomic E-state index is 6.75. The molecule has 4 bridgehead atoms. The number of hydrogen-bond donors (Lipinski definition) is 1. The molecule has 1 saturated heterocycles. The fraction of sp³-hybridized carbons (Fsp3) is 0.619. The zero-order chi connectivity index (χ0) is 17.9. The van der Waals surface area contributed by atoms with E-state index in [-0.39, 0.29) is 23.0 Å². The number of likely N-dealkylation sites (tertiary alicyclic amines) is 1. The minimum atomic E-state index is -0.569. The summed E-state index contributed by atoms with van der Waals surface area (Å²) in [5, 5.41) is 0. The van der Waals surface area contributed by atoms with E-state index in [1.165, 1.54) is 11.1 Å². The topological polar surface area (TPSA) is 57.0 Å². The predicted molar refractivity (Wildman–Crippen MR) is 97.7 cm³/mol. The second kappa shape index (κ2) is 4.46. The molecule has 6 aliphatic rings. The van der Waals surface area contributed by atoms with Crippen molar-refractivity contribution in [1.82, 2.24) is 4.90 Å². The summed E-state index contributed by atoms with van der Waals surface area (Å²) in [6, 6.07) is 4.69. The lowest BCUT2D eigenvalue weighted by Gasteiger charge is -2.70. The van der Waals surface area contributed by atoms with Crippen LogP contribution in [0.5, 0.6) is 11.5 Å². The first-order valence-corrected chi connectivity index (χ1v) is 9.62. The highest BCUT2D eigenvalue weighted by Gasteiger charge is 2.78. The Kier molecular flexibility index (Phi) is 2.66. The molecule has 2 fully saturated rings. The molecular weight excluding hydrogens is 328 g/mol. The molecule has 0 radical (unpaired) electrons. The predicted octanol–water partition coefficient (Wildman–Crippen LogP) is 1.63. The molecule has 5 nitrogen and oxygen atoms in total. The molecule has 4 aliphatic carbocycles. The van der Waals surface area contributed by atoms with Gasteiger partial charge in [-0.15, -0.1) is 0 Å². The van der Waals surface area contributed by atoms with E-state index in [9.17, 15) is 0 Å². The number of hydrogen-bond acceptors (Lipinski definition) is 5. The van der Waals surface area contributed by atoms with Crippen molar-refractivity contribution >= 4 is 0 Å². The van der Waals surface area contributed by atoms with Gasteiger partial charge in [0.1, 0.15) is 11.7 Å². The number of rotatable bonds is 2. The van der Waals surface area contributed by atoms with Crippen LogP contribution < -0.4 is 15.2 Å². The van der Waals surface area contributed by atoms with E-state index in [1.807, 2.05) is 0 Å². The highest BCUT2D eigenvalue weighted by atomic mass is 16.6. The van der Waals surface area contributed by atoms with Crippen molar-refractivity contribution in [3.8, 4) is 11.5 Å².